The van der Waals surface area contributed by atoms with Gasteiger partial charge in [-0.25, -0.2) is 13.8 Å². The average Bonchev–Trinajstić information content (AvgIpc) is 3.32. The van der Waals surface area contributed by atoms with Crippen molar-refractivity contribution in [3.05, 3.63) is 62.8 Å². The molecular formula is C16H15F2N3O. The normalized spacial score (nSPS) is 18.8. The number of halogens is 2. The molecule has 1 aromatic heterocycles. The third-order valence-electron chi connectivity index (χ3n) is 4.62. The number of aromatic nitrogens is 2. The SMILES string of the molecule is O=c1[nH]c(C2(c3ccc(F)c(F)c3)CC2)nc2c1CNCC2. The van der Waals surface area contributed by atoms with Crippen LogP contribution in [0.5, 0.6) is 0 Å². The van der Waals surface area contributed by atoms with Gasteiger partial charge in [0.2, 0.25) is 0 Å². The topological polar surface area (TPSA) is 57.8 Å². The predicted octanol–water partition coefficient (Wildman–Crippen LogP) is 1.77. The highest BCUT2D eigenvalue weighted by Crippen LogP contribution is 2.52. The van der Waals surface area contributed by atoms with Crippen molar-refractivity contribution >= 4 is 0 Å². The van der Waals surface area contributed by atoms with Crippen LogP contribution in [0.15, 0.2) is 23.0 Å². The summed E-state index contributed by atoms with van der Waals surface area (Å²) in [7, 11) is 0. The second kappa shape index (κ2) is 4.71. The Labute approximate surface area is 125 Å². The van der Waals surface area contributed by atoms with Crippen LogP contribution in [-0.2, 0) is 18.4 Å². The molecule has 2 heterocycles. The van der Waals surface area contributed by atoms with Gasteiger partial charge in [-0.1, -0.05) is 6.07 Å². The maximum atomic E-state index is 13.5. The molecule has 22 heavy (non-hydrogen) atoms. The van der Waals surface area contributed by atoms with Crippen molar-refractivity contribution in [1.29, 1.82) is 0 Å². The van der Waals surface area contributed by atoms with Gasteiger partial charge < -0.3 is 10.3 Å². The number of aromatic amines is 1. The summed E-state index contributed by atoms with van der Waals surface area (Å²) in [6.07, 6.45) is 2.26. The zero-order valence-corrected chi connectivity index (χ0v) is 11.9. The fourth-order valence-corrected chi connectivity index (χ4v) is 3.16. The second-order valence-corrected chi connectivity index (χ2v) is 5.98. The molecule has 4 nitrogen and oxygen atoms in total. The van der Waals surface area contributed by atoms with Gasteiger partial charge in [-0.15, -0.1) is 0 Å². The lowest BCUT2D eigenvalue weighted by Gasteiger charge is -2.20. The molecule has 2 aromatic rings. The number of hydrogen-bond acceptors (Lipinski definition) is 3. The van der Waals surface area contributed by atoms with E-state index in [1.165, 1.54) is 6.07 Å². The molecule has 1 fully saturated rings. The molecule has 0 unspecified atom stereocenters. The molecule has 114 valence electrons. The number of nitrogens with zero attached hydrogens (tertiary/aromatic N) is 1. The lowest BCUT2D eigenvalue weighted by molar-refractivity contribution is 0.505. The largest absolute Gasteiger partial charge is 0.312 e. The molecule has 0 radical (unpaired) electrons. The summed E-state index contributed by atoms with van der Waals surface area (Å²) in [5.41, 5.74) is 1.54. The van der Waals surface area contributed by atoms with E-state index < -0.39 is 17.0 Å². The number of hydrogen-bond donors (Lipinski definition) is 2. The van der Waals surface area contributed by atoms with Gasteiger partial charge in [0.1, 0.15) is 5.82 Å². The first-order valence-electron chi connectivity index (χ1n) is 7.39. The molecule has 6 heteroatoms. The Bertz CT molecular complexity index is 812. The molecule has 0 bridgehead atoms. The molecule has 2 aliphatic rings. The molecule has 2 N–H and O–H groups in total. The average molecular weight is 303 g/mol. The maximum absolute atomic E-state index is 13.5. The van der Waals surface area contributed by atoms with E-state index in [0.717, 1.165) is 31.1 Å². The summed E-state index contributed by atoms with van der Waals surface area (Å²) < 4.78 is 26.7. The minimum Gasteiger partial charge on any atom is -0.312 e. The van der Waals surface area contributed by atoms with Crippen molar-refractivity contribution in [3.8, 4) is 0 Å². The fourth-order valence-electron chi connectivity index (χ4n) is 3.16. The smallest absolute Gasteiger partial charge is 0.255 e. The maximum Gasteiger partial charge on any atom is 0.255 e. The standard InChI is InChI=1S/C16H15F2N3O/c17-11-2-1-9(7-12(11)18)16(4-5-16)15-20-13-3-6-19-8-10(13)14(22)21-15/h1-2,7,19H,3-6,8H2,(H,20,21,22). The molecule has 0 saturated heterocycles. The van der Waals surface area contributed by atoms with Crippen LogP contribution in [0.2, 0.25) is 0 Å². The van der Waals surface area contributed by atoms with E-state index in [1.807, 2.05) is 0 Å². The van der Waals surface area contributed by atoms with Crippen molar-refractivity contribution in [1.82, 2.24) is 15.3 Å². The molecule has 1 aliphatic carbocycles. The zero-order valence-electron chi connectivity index (χ0n) is 11.9. The van der Waals surface area contributed by atoms with E-state index in [0.29, 0.717) is 29.9 Å². The number of nitrogens with one attached hydrogen (secondary N) is 2. The van der Waals surface area contributed by atoms with Gasteiger partial charge in [-0.05, 0) is 30.5 Å². The van der Waals surface area contributed by atoms with Gasteiger partial charge in [-0.3, -0.25) is 4.79 Å². The van der Waals surface area contributed by atoms with Crippen molar-refractivity contribution in [2.45, 2.75) is 31.2 Å². The molecule has 1 aromatic carbocycles. The van der Waals surface area contributed by atoms with E-state index in [1.54, 1.807) is 6.07 Å². The first-order valence-corrected chi connectivity index (χ1v) is 7.39. The first-order chi connectivity index (χ1) is 10.6. The number of benzene rings is 1. The Hall–Kier alpha value is -2.08. The van der Waals surface area contributed by atoms with Crippen molar-refractivity contribution < 1.29 is 8.78 Å². The number of fused-ring (bicyclic) bond motifs is 1. The highest BCUT2D eigenvalue weighted by Gasteiger charge is 2.49. The molecule has 4 rings (SSSR count). The summed E-state index contributed by atoms with van der Waals surface area (Å²) in [6, 6.07) is 3.92. The molecule has 0 atom stereocenters. The van der Waals surface area contributed by atoms with Crippen LogP contribution in [0.1, 0.15) is 35.5 Å². The van der Waals surface area contributed by atoms with E-state index in [4.69, 9.17) is 0 Å². The minimum atomic E-state index is -0.867. The molecular weight excluding hydrogens is 288 g/mol. The number of rotatable bonds is 2. The first kappa shape index (κ1) is 13.6. The summed E-state index contributed by atoms with van der Waals surface area (Å²) in [4.78, 5) is 19.7. The Morgan fingerprint density at radius 1 is 1.18 bits per heavy atom. The Balaban J connectivity index is 1.82. The molecule has 0 spiro atoms. The van der Waals surface area contributed by atoms with Crippen molar-refractivity contribution in [2.24, 2.45) is 0 Å². The van der Waals surface area contributed by atoms with Crippen molar-refractivity contribution in [2.75, 3.05) is 6.54 Å². The van der Waals surface area contributed by atoms with Gasteiger partial charge >= 0.3 is 0 Å². The van der Waals surface area contributed by atoms with Gasteiger partial charge in [0.25, 0.3) is 5.56 Å². The third-order valence-corrected chi connectivity index (χ3v) is 4.62. The zero-order chi connectivity index (χ0) is 15.3. The summed E-state index contributed by atoms with van der Waals surface area (Å²) in [5, 5.41) is 3.15. The van der Waals surface area contributed by atoms with E-state index in [9.17, 15) is 13.6 Å². The van der Waals surface area contributed by atoms with Crippen LogP contribution in [0.3, 0.4) is 0 Å². The molecule has 0 amide bonds. The number of H-pyrrole nitrogens is 1. The quantitative estimate of drug-likeness (QED) is 0.889. The van der Waals surface area contributed by atoms with E-state index in [-0.39, 0.29) is 5.56 Å². The highest BCUT2D eigenvalue weighted by molar-refractivity contribution is 5.40. The summed E-state index contributed by atoms with van der Waals surface area (Å²) >= 11 is 0. The lowest BCUT2D eigenvalue weighted by atomic mass is 9.94. The summed E-state index contributed by atoms with van der Waals surface area (Å²) in [6.45, 7) is 1.32. The third kappa shape index (κ3) is 1.98. The predicted molar refractivity (Wildman–Crippen MR) is 76.6 cm³/mol. The fraction of sp³-hybridized carbons (Fsp3) is 0.375. The molecule has 1 saturated carbocycles. The Kier molecular flexibility index (Phi) is 2.91. The lowest BCUT2D eigenvalue weighted by Crippen LogP contribution is -2.33. The van der Waals surface area contributed by atoms with Crippen LogP contribution in [0.25, 0.3) is 0 Å². The van der Waals surface area contributed by atoms with Gasteiger partial charge in [-0.2, -0.15) is 0 Å². The van der Waals surface area contributed by atoms with E-state index >= 15 is 0 Å². The molecule has 1 aliphatic heterocycles. The Morgan fingerprint density at radius 3 is 2.73 bits per heavy atom. The van der Waals surface area contributed by atoms with Crippen molar-refractivity contribution in [3.63, 3.8) is 0 Å². The van der Waals surface area contributed by atoms with Crippen LogP contribution < -0.4 is 10.9 Å². The second-order valence-electron chi connectivity index (χ2n) is 5.98. The Morgan fingerprint density at radius 2 is 2.00 bits per heavy atom. The monoisotopic (exact) mass is 303 g/mol. The minimum absolute atomic E-state index is 0.138. The highest BCUT2D eigenvalue weighted by atomic mass is 19.2. The van der Waals surface area contributed by atoms with E-state index in [2.05, 4.69) is 15.3 Å². The van der Waals surface area contributed by atoms with Gasteiger partial charge in [0.15, 0.2) is 11.6 Å². The van der Waals surface area contributed by atoms with Crippen LogP contribution in [0, 0.1) is 11.6 Å². The van der Waals surface area contributed by atoms with Crippen LogP contribution >= 0.6 is 0 Å². The van der Waals surface area contributed by atoms with Gasteiger partial charge in [0.05, 0.1) is 16.7 Å². The summed E-state index contributed by atoms with van der Waals surface area (Å²) in [5.74, 6) is -1.16. The van der Waals surface area contributed by atoms with Crippen LogP contribution in [0.4, 0.5) is 8.78 Å². The van der Waals surface area contributed by atoms with Gasteiger partial charge in [0, 0.05) is 19.5 Å². The van der Waals surface area contributed by atoms with Crippen LogP contribution in [-0.4, -0.2) is 16.5 Å².